The second-order valence-corrected chi connectivity index (χ2v) is 8.66. The van der Waals surface area contributed by atoms with Crippen LogP contribution >= 0.6 is 11.3 Å². The zero-order valence-corrected chi connectivity index (χ0v) is 19.1. The molecule has 0 radical (unpaired) electrons. The van der Waals surface area contributed by atoms with Crippen molar-refractivity contribution in [3.63, 3.8) is 0 Å². The van der Waals surface area contributed by atoms with E-state index >= 15 is 0 Å². The van der Waals surface area contributed by atoms with E-state index < -0.39 is 5.91 Å². The minimum absolute atomic E-state index is 0.359. The third kappa shape index (κ3) is 4.12. The van der Waals surface area contributed by atoms with E-state index in [1.165, 1.54) is 0 Å². The topological polar surface area (TPSA) is 97.5 Å². The Bertz CT molecular complexity index is 1280. The summed E-state index contributed by atoms with van der Waals surface area (Å²) in [5.74, 6) is 1.76. The molecule has 0 spiro atoms. The molecule has 0 atom stereocenters. The van der Waals surface area contributed by atoms with E-state index in [2.05, 4.69) is 32.3 Å². The lowest BCUT2D eigenvalue weighted by molar-refractivity contribution is 0.100. The number of anilines is 2. The van der Waals surface area contributed by atoms with Gasteiger partial charge in [0.05, 0.1) is 10.9 Å². The van der Waals surface area contributed by atoms with Crippen LogP contribution in [-0.2, 0) is 11.3 Å². The van der Waals surface area contributed by atoms with E-state index in [-0.39, 0.29) is 0 Å². The van der Waals surface area contributed by atoms with Crippen LogP contribution in [0.25, 0.3) is 21.3 Å². The Hall–Kier alpha value is -3.56. The van der Waals surface area contributed by atoms with E-state index in [0.29, 0.717) is 36.9 Å². The molecule has 8 nitrogen and oxygen atoms in total. The van der Waals surface area contributed by atoms with E-state index in [1.807, 2.05) is 18.2 Å². The zero-order valence-electron chi connectivity index (χ0n) is 18.3. The molecule has 9 heteroatoms. The van der Waals surface area contributed by atoms with Crippen molar-refractivity contribution in [1.29, 1.82) is 0 Å². The minimum Gasteiger partial charge on any atom is -0.377 e. The number of rotatable bonds is 6. The number of carbonyl (C=O) groups excluding carboxylic acids is 1. The standard InChI is InChI=1S/C24H24N6O2S/c1-32-14-19-27-23(20-18(15-33-24(20)28-19)16-6-3-2-4-7-16)30-12-10-29(11-13-30)22-17(21(25)31)8-5-9-26-22/h2-9,15H,10-14H2,1H3,(H2,25,31). The molecule has 4 heterocycles. The number of methoxy groups -OCH3 is 1. The van der Waals surface area contributed by atoms with Gasteiger partial charge >= 0.3 is 0 Å². The van der Waals surface area contributed by atoms with Crippen LogP contribution in [0.5, 0.6) is 0 Å². The van der Waals surface area contributed by atoms with Crippen LogP contribution in [0.15, 0.2) is 54.0 Å². The van der Waals surface area contributed by atoms with Crippen molar-refractivity contribution in [2.45, 2.75) is 6.61 Å². The number of ether oxygens (including phenoxy) is 1. The number of amides is 1. The van der Waals surface area contributed by atoms with Crippen molar-refractivity contribution < 1.29 is 9.53 Å². The normalized spacial score (nSPS) is 14.1. The number of thiophene rings is 1. The first-order valence-electron chi connectivity index (χ1n) is 10.7. The fraction of sp³-hybridized carbons (Fsp3) is 0.250. The van der Waals surface area contributed by atoms with Crippen molar-refractivity contribution in [2.24, 2.45) is 5.73 Å². The van der Waals surface area contributed by atoms with E-state index in [4.69, 9.17) is 20.4 Å². The summed E-state index contributed by atoms with van der Waals surface area (Å²) < 4.78 is 5.32. The zero-order chi connectivity index (χ0) is 22.8. The fourth-order valence-electron chi connectivity index (χ4n) is 4.19. The second kappa shape index (κ2) is 9.13. The van der Waals surface area contributed by atoms with Crippen LogP contribution in [0.2, 0.25) is 0 Å². The molecular formula is C24H24N6O2S. The Balaban J connectivity index is 1.50. The van der Waals surface area contributed by atoms with Gasteiger partial charge in [0, 0.05) is 50.4 Å². The quantitative estimate of drug-likeness (QED) is 0.471. The van der Waals surface area contributed by atoms with Gasteiger partial charge in [-0.1, -0.05) is 30.3 Å². The number of aromatic nitrogens is 3. The van der Waals surface area contributed by atoms with Gasteiger partial charge in [0.1, 0.15) is 23.1 Å². The number of pyridine rings is 1. The summed E-state index contributed by atoms with van der Waals surface area (Å²) in [7, 11) is 1.65. The lowest BCUT2D eigenvalue weighted by Crippen LogP contribution is -2.47. The number of benzene rings is 1. The maximum atomic E-state index is 11.9. The van der Waals surface area contributed by atoms with Gasteiger partial charge < -0.3 is 20.3 Å². The average Bonchev–Trinajstić information content (AvgIpc) is 3.28. The van der Waals surface area contributed by atoms with Crippen molar-refractivity contribution in [3.8, 4) is 11.1 Å². The van der Waals surface area contributed by atoms with E-state index in [1.54, 1.807) is 36.8 Å². The largest absolute Gasteiger partial charge is 0.377 e. The van der Waals surface area contributed by atoms with Gasteiger partial charge in [-0.2, -0.15) is 0 Å². The molecule has 1 saturated heterocycles. The van der Waals surface area contributed by atoms with Crippen LogP contribution in [0.3, 0.4) is 0 Å². The fourth-order valence-corrected chi connectivity index (χ4v) is 5.15. The third-order valence-electron chi connectivity index (χ3n) is 5.75. The van der Waals surface area contributed by atoms with Crippen LogP contribution in [0.4, 0.5) is 11.6 Å². The second-order valence-electron chi connectivity index (χ2n) is 7.80. The van der Waals surface area contributed by atoms with Gasteiger partial charge in [0.15, 0.2) is 5.82 Å². The summed E-state index contributed by atoms with van der Waals surface area (Å²) in [6.07, 6.45) is 1.69. The molecule has 5 rings (SSSR count). The Morgan fingerprint density at radius 3 is 2.45 bits per heavy atom. The predicted octanol–water partition coefficient (Wildman–Crippen LogP) is 3.33. The Labute approximate surface area is 195 Å². The van der Waals surface area contributed by atoms with Gasteiger partial charge in [-0.05, 0) is 17.7 Å². The Morgan fingerprint density at radius 1 is 1.03 bits per heavy atom. The number of carbonyl (C=O) groups is 1. The van der Waals surface area contributed by atoms with Crippen LogP contribution in [-0.4, -0.2) is 54.1 Å². The van der Waals surface area contributed by atoms with Gasteiger partial charge in [0.2, 0.25) is 0 Å². The van der Waals surface area contributed by atoms with Crippen molar-refractivity contribution in [2.75, 3.05) is 43.1 Å². The summed E-state index contributed by atoms with van der Waals surface area (Å²) in [5.41, 5.74) is 8.29. The molecule has 1 aromatic carbocycles. The molecule has 1 aliphatic rings. The summed E-state index contributed by atoms with van der Waals surface area (Å²) in [5, 5.41) is 3.22. The molecule has 1 amide bonds. The monoisotopic (exact) mass is 460 g/mol. The van der Waals surface area contributed by atoms with E-state index in [0.717, 1.165) is 40.3 Å². The molecule has 3 aromatic heterocycles. The molecule has 2 N–H and O–H groups in total. The average molecular weight is 461 g/mol. The Kier molecular flexibility index (Phi) is 5.89. The highest BCUT2D eigenvalue weighted by molar-refractivity contribution is 7.17. The van der Waals surface area contributed by atoms with Gasteiger partial charge in [-0.3, -0.25) is 4.79 Å². The number of nitrogens with two attached hydrogens (primary N) is 1. The number of nitrogens with zero attached hydrogens (tertiary/aromatic N) is 5. The smallest absolute Gasteiger partial charge is 0.252 e. The minimum atomic E-state index is -0.465. The highest BCUT2D eigenvalue weighted by Crippen LogP contribution is 2.38. The summed E-state index contributed by atoms with van der Waals surface area (Å²) in [6.45, 7) is 3.23. The van der Waals surface area contributed by atoms with E-state index in [9.17, 15) is 4.79 Å². The van der Waals surface area contributed by atoms with Gasteiger partial charge in [-0.25, -0.2) is 15.0 Å². The number of hydrogen-bond acceptors (Lipinski definition) is 8. The van der Waals surface area contributed by atoms with Gasteiger partial charge in [-0.15, -0.1) is 11.3 Å². The SMILES string of the molecule is COCc1nc(N2CCN(c3ncccc3C(N)=O)CC2)c2c(-c3ccccc3)csc2n1. The number of piperazine rings is 1. The van der Waals surface area contributed by atoms with Gasteiger partial charge in [0.25, 0.3) is 5.91 Å². The maximum absolute atomic E-state index is 11.9. The Morgan fingerprint density at radius 2 is 1.76 bits per heavy atom. The van der Waals surface area contributed by atoms with Crippen LogP contribution in [0.1, 0.15) is 16.2 Å². The number of primary amides is 1. The molecule has 4 aromatic rings. The van der Waals surface area contributed by atoms with Crippen LogP contribution in [0, 0.1) is 0 Å². The lowest BCUT2D eigenvalue weighted by Gasteiger charge is -2.37. The summed E-state index contributed by atoms with van der Waals surface area (Å²) in [4.78, 5) is 31.3. The summed E-state index contributed by atoms with van der Waals surface area (Å²) in [6, 6.07) is 13.8. The van der Waals surface area contributed by atoms with Crippen molar-refractivity contribution >= 4 is 39.1 Å². The van der Waals surface area contributed by atoms with Crippen molar-refractivity contribution in [3.05, 3.63) is 65.4 Å². The molecule has 168 valence electrons. The molecule has 33 heavy (non-hydrogen) atoms. The van der Waals surface area contributed by atoms with Crippen LogP contribution < -0.4 is 15.5 Å². The summed E-state index contributed by atoms with van der Waals surface area (Å²) >= 11 is 1.62. The maximum Gasteiger partial charge on any atom is 0.252 e. The highest BCUT2D eigenvalue weighted by atomic mass is 32.1. The lowest BCUT2D eigenvalue weighted by atomic mass is 10.1. The first-order chi connectivity index (χ1) is 16.2. The molecule has 1 aliphatic heterocycles. The molecule has 1 fully saturated rings. The van der Waals surface area contributed by atoms with Crippen molar-refractivity contribution in [1.82, 2.24) is 15.0 Å². The number of fused-ring (bicyclic) bond motifs is 1. The molecular weight excluding hydrogens is 436 g/mol. The molecule has 0 bridgehead atoms. The molecule has 0 unspecified atom stereocenters. The predicted molar refractivity (Wildman–Crippen MR) is 131 cm³/mol. The highest BCUT2D eigenvalue weighted by Gasteiger charge is 2.26. The first-order valence-corrected chi connectivity index (χ1v) is 11.6. The first kappa shape index (κ1) is 21.3. The molecule has 0 saturated carbocycles. The number of hydrogen-bond donors (Lipinski definition) is 1. The molecule has 0 aliphatic carbocycles. The third-order valence-corrected chi connectivity index (χ3v) is 6.62.